The van der Waals surface area contributed by atoms with Crippen molar-refractivity contribution in [1.29, 1.82) is 0 Å². The Kier molecular flexibility index (Phi) is 5.99. The standard InChI is InChI=1S/C15H26N2O/c1-12(2)13(3)16-10-11-17(4)14-6-8-15(18-5)9-7-14/h6-9,12-13,16H,10-11H2,1-5H3. The number of nitrogens with zero attached hydrogens (tertiary/aromatic N) is 1. The summed E-state index contributed by atoms with van der Waals surface area (Å²) in [5.41, 5.74) is 1.22. The number of ether oxygens (including phenoxy) is 1. The summed E-state index contributed by atoms with van der Waals surface area (Å²) in [7, 11) is 3.81. The van der Waals surface area contributed by atoms with E-state index in [9.17, 15) is 0 Å². The zero-order valence-corrected chi connectivity index (χ0v) is 12.2. The molecule has 102 valence electrons. The Balaban J connectivity index is 2.37. The number of rotatable bonds is 7. The molecule has 18 heavy (non-hydrogen) atoms. The molecule has 0 heterocycles. The van der Waals surface area contributed by atoms with Crippen molar-refractivity contribution in [3.05, 3.63) is 24.3 Å². The van der Waals surface area contributed by atoms with Crippen LogP contribution in [0.5, 0.6) is 5.75 Å². The van der Waals surface area contributed by atoms with E-state index in [1.807, 2.05) is 12.1 Å². The van der Waals surface area contributed by atoms with Gasteiger partial charge in [0.25, 0.3) is 0 Å². The highest BCUT2D eigenvalue weighted by atomic mass is 16.5. The molecule has 0 bridgehead atoms. The van der Waals surface area contributed by atoms with Crippen molar-refractivity contribution in [1.82, 2.24) is 5.32 Å². The van der Waals surface area contributed by atoms with E-state index in [1.54, 1.807) is 7.11 Å². The number of likely N-dealkylation sites (N-methyl/N-ethyl adjacent to an activating group) is 1. The van der Waals surface area contributed by atoms with Crippen molar-refractivity contribution < 1.29 is 4.74 Å². The molecule has 1 aromatic rings. The maximum absolute atomic E-state index is 5.16. The third-order valence-corrected chi connectivity index (χ3v) is 3.43. The minimum absolute atomic E-state index is 0.564. The summed E-state index contributed by atoms with van der Waals surface area (Å²) >= 11 is 0. The van der Waals surface area contributed by atoms with Crippen LogP contribution in [0.15, 0.2) is 24.3 Å². The third kappa shape index (κ3) is 4.57. The van der Waals surface area contributed by atoms with E-state index in [-0.39, 0.29) is 0 Å². The van der Waals surface area contributed by atoms with Gasteiger partial charge in [0.1, 0.15) is 5.75 Å². The fraction of sp³-hybridized carbons (Fsp3) is 0.600. The molecule has 0 aliphatic heterocycles. The maximum atomic E-state index is 5.16. The van der Waals surface area contributed by atoms with Crippen molar-refractivity contribution in [2.45, 2.75) is 26.8 Å². The van der Waals surface area contributed by atoms with Gasteiger partial charge in [-0.1, -0.05) is 13.8 Å². The smallest absolute Gasteiger partial charge is 0.119 e. The highest BCUT2D eigenvalue weighted by Crippen LogP contribution is 2.17. The number of hydrogen-bond donors (Lipinski definition) is 1. The summed E-state index contributed by atoms with van der Waals surface area (Å²) < 4.78 is 5.16. The molecule has 3 heteroatoms. The van der Waals surface area contributed by atoms with Crippen molar-refractivity contribution in [2.75, 3.05) is 32.1 Å². The van der Waals surface area contributed by atoms with E-state index in [1.165, 1.54) is 5.69 Å². The quantitative estimate of drug-likeness (QED) is 0.805. The Hall–Kier alpha value is -1.22. The third-order valence-electron chi connectivity index (χ3n) is 3.43. The minimum Gasteiger partial charge on any atom is -0.497 e. The van der Waals surface area contributed by atoms with Crippen LogP contribution in [-0.2, 0) is 0 Å². The van der Waals surface area contributed by atoms with Crippen LogP contribution >= 0.6 is 0 Å². The van der Waals surface area contributed by atoms with Gasteiger partial charge in [-0.3, -0.25) is 0 Å². The van der Waals surface area contributed by atoms with Crippen LogP contribution in [0.2, 0.25) is 0 Å². The second-order valence-electron chi connectivity index (χ2n) is 5.11. The number of anilines is 1. The van der Waals surface area contributed by atoms with Crippen LogP contribution in [0, 0.1) is 5.92 Å². The molecule has 1 rings (SSSR count). The van der Waals surface area contributed by atoms with Crippen molar-refractivity contribution in [3.8, 4) is 5.75 Å². The van der Waals surface area contributed by atoms with Crippen LogP contribution in [0.3, 0.4) is 0 Å². The predicted octanol–water partition coefficient (Wildman–Crippen LogP) is 2.77. The molecule has 1 N–H and O–H groups in total. The largest absolute Gasteiger partial charge is 0.497 e. The highest BCUT2D eigenvalue weighted by molar-refractivity contribution is 5.48. The van der Waals surface area contributed by atoms with Gasteiger partial charge >= 0.3 is 0 Å². The summed E-state index contributed by atoms with van der Waals surface area (Å²) in [6.45, 7) is 8.72. The molecular weight excluding hydrogens is 224 g/mol. The van der Waals surface area contributed by atoms with Gasteiger partial charge in [0.2, 0.25) is 0 Å². The van der Waals surface area contributed by atoms with Crippen molar-refractivity contribution in [3.63, 3.8) is 0 Å². The van der Waals surface area contributed by atoms with Crippen molar-refractivity contribution >= 4 is 5.69 Å². The van der Waals surface area contributed by atoms with Gasteiger partial charge in [0.15, 0.2) is 0 Å². The van der Waals surface area contributed by atoms with Gasteiger partial charge < -0.3 is 15.0 Å². The lowest BCUT2D eigenvalue weighted by Crippen LogP contribution is -2.36. The fourth-order valence-electron chi connectivity index (χ4n) is 1.66. The molecular formula is C15H26N2O. The summed E-state index contributed by atoms with van der Waals surface area (Å²) in [5, 5.41) is 3.54. The Morgan fingerprint density at radius 2 is 1.78 bits per heavy atom. The fourth-order valence-corrected chi connectivity index (χ4v) is 1.66. The average Bonchev–Trinajstić information content (AvgIpc) is 2.38. The first-order chi connectivity index (χ1) is 8.54. The number of nitrogens with one attached hydrogen (secondary N) is 1. The lowest BCUT2D eigenvalue weighted by molar-refractivity contribution is 0.414. The lowest BCUT2D eigenvalue weighted by Gasteiger charge is -2.23. The molecule has 1 aromatic carbocycles. The second-order valence-corrected chi connectivity index (χ2v) is 5.11. The molecule has 0 spiro atoms. The summed E-state index contributed by atoms with van der Waals surface area (Å²) in [4.78, 5) is 2.25. The second kappa shape index (κ2) is 7.27. The Bertz CT molecular complexity index is 335. The Labute approximate surface area is 111 Å². The molecule has 0 amide bonds. The van der Waals surface area contributed by atoms with Crippen LogP contribution in [-0.4, -0.2) is 33.3 Å². The molecule has 1 unspecified atom stereocenters. The van der Waals surface area contributed by atoms with E-state index < -0.39 is 0 Å². The van der Waals surface area contributed by atoms with Gasteiger partial charge in [-0.2, -0.15) is 0 Å². The van der Waals surface area contributed by atoms with E-state index in [0.717, 1.165) is 18.8 Å². The van der Waals surface area contributed by atoms with E-state index >= 15 is 0 Å². The van der Waals surface area contributed by atoms with Gasteiger partial charge in [-0.25, -0.2) is 0 Å². The zero-order chi connectivity index (χ0) is 13.5. The van der Waals surface area contributed by atoms with E-state index in [2.05, 4.69) is 50.2 Å². The maximum Gasteiger partial charge on any atom is 0.119 e. The van der Waals surface area contributed by atoms with Crippen molar-refractivity contribution in [2.24, 2.45) is 5.92 Å². The summed E-state index contributed by atoms with van der Waals surface area (Å²) in [6.07, 6.45) is 0. The minimum atomic E-state index is 0.564. The topological polar surface area (TPSA) is 24.5 Å². The Morgan fingerprint density at radius 3 is 2.28 bits per heavy atom. The summed E-state index contributed by atoms with van der Waals surface area (Å²) in [5.74, 6) is 1.58. The lowest BCUT2D eigenvalue weighted by atomic mass is 10.1. The molecule has 0 radical (unpaired) electrons. The molecule has 1 atom stereocenters. The molecule has 0 saturated carbocycles. The molecule has 0 aliphatic rings. The monoisotopic (exact) mass is 250 g/mol. The van der Waals surface area contributed by atoms with Gasteiger partial charge in [0.05, 0.1) is 7.11 Å². The van der Waals surface area contributed by atoms with E-state index in [0.29, 0.717) is 12.0 Å². The first-order valence-electron chi connectivity index (χ1n) is 6.63. The highest BCUT2D eigenvalue weighted by Gasteiger charge is 2.06. The normalized spacial score (nSPS) is 12.6. The predicted molar refractivity (Wildman–Crippen MR) is 78.6 cm³/mol. The molecule has 3 nitrogen and oxygen atoms in total. The number of benzene rings is 1. The summed E-state index contributed by atoms with van der Waals surface area (Å²) in [6, 6.07) is 8.73. The molecule has 0 aromatic heterocycles. The first-order valence-corrected chi connectivity index (χ1v) is 6.63. The van der Waals surface area contributed by atoms with Crippen LogP contribution in [0.4, 0.5) is 5.69 Å². The van der Waals surface area contributed by atoms with Gasteiger partial charge in [-0.05, 0) is 37.1 Å². The number of hydrogen-bond acceptors (Lipinski definition) is 3. The average molecular weight is 250 g/mol. The van der Waals surface area contributed by atoms with Crippen LogP contribution in [0.25, 0.3) is 0 Å². The molecule has 0 aliphatic carbocycles. The van der Waals surface area contributed by atoms with E-state index in [4.69, 9.17) is 4.74 Å². The zero-order valence-electron chi connectivity index (χ0n) is 12.2. The van der Waals surface area contributed by atoms with Gasteiger partial charge in [-0.15, -0.1) is 0 Å². The molecule has 0 fully saturated rings. The number of methoxy groups -OCH3 is 1. The Morgan fingerprint density at radius 1 is 1.17 bits per heavy atom. The van der Waals surface area contributed by atoms with Crippen LogP contribution in [0.1, 0.15) is 20.8 Å². The first kappa shape index (κ1) is 14.8. The molecule has 0 saturated heterocycles. The van der Waals surface area contributed by atoms with Gasteiger partial charge in [0, 0.05) is 31.9 Å². The SMILES string of the molecule is COc1ccc(N(C)CCNC(C)C(C)C)cc1. The van der Waals surface area contributed by atoms with Crippen LogP contribution < -0.4 is 15.0 Å².